The Bertz CT molecular complexity index is 2090. The van der Waals surface area contributed by atoms with Gasteiger partial charge in [-0.3, -0.25) is 4.79 Å². The highest BCUT2D eigenvalue weighted by Crippen LogP contribution is 2.49. The number of nitrogens with one attached hydrogen (secondary N) is 3. The molecule has 0 radical (unpaired) electrons. The van der Waals surface area contributed by atoms with Gasteiger partial charge in [-0.25, -0.2) is 13.2 Å². The predicted octanol–water partition coefficient (Wildman–Crippen LogP) is 6.24. The summed E-state index contributed by atoms with van der Waals surface area (Å²) in [5.74, 6) is -0.881. The van der Waals surface area contributed by atoms with E-state index in [1.54, 1.807) is 12.1 Å². The number of benzene rings is 5. The Hall–Kier alpha value is -5.03. The molecule has 1 heterocycles. The minimum absolute atomic E-state index is 0.214. The zero-order chi connectivity index (χ0) is 35.4. The SMILES string of the molecule is COC(=O)NC(C(=O)Nc1ccccc1CCC1CNC[C@@]2(C[C@@H]2S(=O)(=O)c2ccc3ccccc3c2)O1)C(c1ccccc1)c1ccccc1. The van der Waals surface area contributed by atoms with Gasteiger partial charge in [0.05, 0.1) is 29.0 Å². The number of methoxy groups -OCH3 is 1. The summed E-state index contributed by atoms with van der Waals surface area (Å²) in [6.45, 7) is 1.08. The summed E-state index contributed by atoms with van der Waals surface area (Å²) in [6, 6.07) is 38.8. The standard InChI is InChI=1S/C41H41N3O6S/c1-49-40(46)44-38(37(30-14-4-2-5-15-30)31-16-6-3-7-17-31)39(45)43-35-19-11-10-13-29(35)20-22-33-26-42-27-41(50-33)25-36(41)51(47,48)34-23-21-28-12-8-9-18-32(28)24-34/h2-19,21,23-24,33,36-38,42H,20,22,25-27H2,1H3,(H,43,45)(H,44,46)/t33?,36-,38?,41+/m0/s1. The molecule has 4 atom stereocenters. The number of anilines is 1. The van der Waals surface area contributed by atoms with Crippen LogP contribution in [0.5, 0.6) is 0 Å². The van der Waals surface area contributed by atoms with Gasteiger partial charge >= 0.3 is 6.09 Å². The summed E-state index contributed by atoms with van der Waals surface area (Å²) in [6.07, 6.45) is 0.712. The van der Waals surface area contributed by atoms with Crippen LogP contribution in [0.1, 0.15) is 35.4 Å². The Morgan fingerprint density at radius 1 is 0.863 bits per heavy atom. The number of amides is 2. The molecule has 5 aromatic carbocycles. The predicted molar refractivity (Wildman–Crippen MR) is 197 cm³/mol. The van der Waals surface area contributed by atoms with E-state index in [9.17, 15) is 18.0 Å². The quantitative estimate of drug-likeness (QED) is 0.149. The van der Waals surface area contributed by atoms with E-state index in [-0.39, 0.29) is 12.0 Å². The Balaban J connectivity index is 1.06. The number of rotatable bonds is 11. The molecule has 1 spiro atoms. The molecule has 1 aliphatic carbocycles. The van der Waals surface area contributed by atoms with Crippen molar-refractivity contribution in [3.63, 3.8) is 0 Å². The molecule has 1 saturated heterocycles. The molecular weight excluding hydrogens is 663 g/mol. The lowest BCUT2D eigenvalue weighted by molar-refractivity contribution is -0.118. The van der Waals surface area contributed by atoms with Gasteiger partial charge in [0.2, 0.25) is 5.91 Å². The monoisotopic (exact) mass is 703 g/mol. The van der Waals surface area contributed by atoms with Crippen molar-refractivity contribution in [2.24, 2.45) is 0 Å². The molecule has 262 valence electrons. The van der Waals surface area contributed by atoms with Gasteiger partial charge in [-0.1, -0.05) is 109 Å². The van der Waals surface area contributed by atoms with Crippen LogP contribution in [0.25, 0.3) is 10.8 Å². The Morgan fingerprint density at radius 2 is 1.51 bits per heavy atom. The minimum atomic E-state index is -3.59. The van der Waals surface area contributed by atoms with E-state index in [2.05, 4.69) is 16.0 Å². The lowest BCUT2D eigenvalue weighted by atomic mass is 9.84. The van der Waals surface area contributed by atoms with Crippen LogP contribution in [-0.2, 0) is 30.5 Å². The van der Waals surface area contributed by atoms with E-state index in [0.717, 1.165) is 27.5 Å². The van der Waals surface area contributed by atoms with Crippen LogP contribution in [-0.4, -0.2) is 63.6 Å². The number of hydrogen-bond acceptors (Lipinski definition) is 7. The van der Waals surface area contributed by atoms with Crippen LogP contribution in [0, 0.1) is 0 Å². The van der Waals surface area contributed by atoms with Crippen molar-refractivity contribution < 1.29 is 27.5 Å². The van der Waals surface area contributed by atoms with E-state index in [1.807, 2.05) is 115 Å². The fourth-order valence-electron chi connectivity index (χ4n) is 7.26. The van der Waals surface area contributed by atoms with Gasteiger partial charge in [-0.05, 0) is 64.9 Å². The summed E-state index contributed by atoms with van der Waals surface area (Å²) in [7, 11) is -2.32. The fourth-order valence-corrected chi connectivity index (χ4v) is 9.34. The van der Waals surface area contributed by atoms with E-state index >= 15 is 0 Å². The van der Waals surface area contributed by atoms with Gasteiger partial charge in [0.15, 0.2) is 9.84 Å². The second-order valence-electron chi connectivity index (χ2n) is 13.3. The van der Waals surface area contributed by atoms with Gasteiger partial charge in [-0.15, -0.1) is 0 Å². The van der Waals surface area contributed by atoms with Crippen molar-refractivity contribution in [2.75, 3.05) is 25.5 Å². The molecule has 2 unspecified atom stereocenters. The first-order valence-corrected chi connectivity index (χ1v) is 18.8. The summed E-state index contributed by atoms with van der Waals surface area (Å²) in [4.78, 5) is 27.1. The van der Waals surface area contributed by atoms with Crippen LogP contribution in [0.3, 0.4) is 0 Å². The lowest BCUT2D eigenvalue weighted by Crippen LogP contribution is -2.49. The molecule has 1 aliphatic heterocycles. The van der Waals surface area contributed by atoms with Gasteiger partial charge in [0.1, 0.15) is 6.04 Å². The molecule has 1 saturated carbocycles. The molecular formula is C41H41N3O6S. The van der Waals surface area contributed by atoms with E-state index in [4.69, 9.17) is 9.47 Å². The molecule has 51 heavy (non-hydrogen) atoms. The van der Waals surface area contributed by atoms with Gasteiger partial charge in [0.25, 0.3) is 0 Å². The molecule has 2 aliphatic rings. The summed E-state index contributed by atoms with van der Waals surface area (Å²) in [5.41, 5.74) is 2.49. The van der Waals surface area contributed by atoms with Crippen LogP contribution >= 0.6 is 0 Å². The van der Waals surface area contributed by atoms with E-state index in [1.165, 1.54) is 7.11 Å². The topological polar surface area (TPSA) is 123 Å². The normalized spacial score (nSPS) is 20.5. The van der Waals surface area contributed by atoms with Crippen LogP contribution < -0.4 is 16.0 Å². The zero-order valence-corrected chi connectivity index (χ0v) is 29.1. The van der Waals surface area contributed by atoms with Crippen molar-refractivity contribution in [3.05, 3.63) is 144 Å². The van der Waals surface area contributed by atoms with E-state index < -0.39 is 38.7 Å². The second-order valence-corrected chi connectivity index (χ2v) is 15.4. The average molecular weight is 704 g/mol. The third kappa shape index (κ3) is 7.39. The summed E-state index contributed by atoms with van der Waals surface area (Å²) in [5, 5.41) is 10.6. The maximum absolute atomic E-state index is 14.2. The first-order valence-electron chi connectivity index (χ1n) is 17.2. The summed E-state index contributed by atoms with van der Waals surface area (Å²) >= 11 is 0. The number of alkyl carbamates (subject to hydrolysis) is 1. The van der Waals surface area contributed by atoms with Gasteiger partial charge < -0.3 is 25.4 Å². The van der Waals surface area contributed by atoms with Crippen molar-refractivity contribution >= 4 is 38.3 Å². The highest BCUT2D eigenvalue weighted by molar-refractivity contribution is 7.92. The average Bonchev–Trinajstić information content (AvgIpc) is 3.87. The van der Waals surface area contributed by atoms with Crippen molar-refractivity contribution in [1.29, 1.82) is 0 Å². The molecule has 5 aromatic rings. The lowest BCUT2D eigenvalue weighted by Gasteiger charge is -2.32. The molecule has 0 bridgehead atoms. The highest BCUT2D eigenvalue weighted by Gasteiger charge is 2.64. The number of para-hydroxylation sites is 1. The molecule has 3 N–H and O–H groups in total. The summed E-state index contributed by atoms with van der Waals surface area (Å²) < 4.78 is 39.0. The van der Waals surface area contributed by atoms with E-state index in [0.29, 0.717) is 42.9 Å². The van der Waals surface area contributed by atoms with Crippen LogP contribution in [0.2, 0.25) is 0 Å². The Morgan fingerprint density at radius 3 is 2.22 bits per heavy atom. The fraction of sp³-hybridized carbons (Fsp3) is 0.268. The number of carbonyl (C=O) groups is 2. The highest BCUT2D eigenvalue weighted by atomic mass is 32.2. The molecule has 9 nitrogen and oxygen atoms in total. The molecule has 10 heteroatoms. The van der Waals surface area contributed by atoms with Gasteiger partial charge in [0, 0.05) is 24.7 Å². The number of morpholine rings is 1. The molecule has 0 aromatic heterocycles. The second kappa shape index (κ2) is 14.7. The Kier molecular flexibility index (Phi) is 9.90. The number of carbonyl (C=O) groups excluding carboxylic acids is 2. The first-order chi connectivity index (χ1) is 24.8. The van der Waals surface area contributed by atoms with Crippen molar-refractivity contribution in [2.45, 2.75) is 53.1 Å². The first kappa shape index (κ1) is 34.4. The molecule has 7 rings (SSSR count). The third-order valence-corrected chi connectivity index (χ3v) is 12.2. The van der Waals surface area contributed by atoms with Crippen molar-refractivity contribution in [3.8, 4) is 0 Å². The molecule has 2 amide bonds. The third-order valence-electron chi connectivity index (χ3n) is 9.98. The smallest absolute Gasteiger partial charge is 0.407 e. The maximum atomic E-state index is 14.2. The zero-order valence-electron chi connectivity index (χ0n) is 28.3. The largest absolute Gasteiger partial charge is 0.453 e. The number of aryl methyl sites for hydroxylation is 1. The Labute approximate surface area is 298 Å². The minimum Gasteiger partial charge on any atom is -0.453 e. The number of hydrogen-bond donors (Lipinski definition) is 3. The van der Waals surface area contributed by atoms with Gasteiger partial charge in [-0.2, -0.15) is 0 Å². The number of sulfone groups is 1. The maximum Gasteiger partial charge on any atom is 0.407 e. The molecule has 2 fully saturated rings. The van der Waals surface area contributed by atoms with Crippen LogP contribution in [0.4, 0.5) is 10.5 Å². The number of fused-ring (bicyclic) bond motifs is 1. The number of ether oxygens (including phenoxy) is 2. The van der Waals surface area contributed by atoms with Crippen LogP contribution in [0.15, 0.2) is 132 Å². The van der Waals surface area contributed by atoms with Crippen molar-refractivity contribution in [1.82, 2.24) is 10.6 Å².